The zero-order chi connectivity index (χ0) is 17.9. The van der Waals surface area contributed by atoms with Crippen LogP contribution in [0.2, 0.25) is 0 Å². The molecule has 0 spiro atoms. The first-order valence-corrected chi connectivity index (χ1v) is 11.5. The molecular weight excluding hydrogens is 364 g/mol. The zero-order valence-corrected chi connectivity index (χ0v) is 16.8. The lowest BCUT2D eigenvalue weighted by molar-refractivity contribution is -0.119. The summed E-state index contributed by atoms with van der Waals surface area (Å²) >= 11 is 3.28. The van der Waals surface area contributed by atoms with Crippen LogP contribution < -0.4 is 5.32 Å². The molecule has 2 saturated carbocycles. The van der Waals surface area contributed by atoms with Gasteiger partial charge in [-0.2, -0.15) is 0 Å². The van der Waals surface area contributed by atoms with Crippen molar-refractivity contribution >= 4 is 29.0 Å². The normalized spacial score (nSPS) is 23.1. The first-order valence-electron chi connectivity index (χ1n) is 9.59. The Labute approximate surface area is 163 Å². The van der Waals surface area contributed by atoms with E-state index in [0.29, 0.717) is 23.8 Å². The molecule has 0 aliphatic heterocycles. The topological polar surface area (TPSA) is 59.8 Å². The van der Waals surface area contributed by atoms with E-state index in [1.165, 1.54) is 48.7 Å². The number of thioether (sulfide) groups is 1. The van der Waals surface area contributed by atoms with Gasteiger partial charge in [-0.1, -0.05) is 37.6 Å². The molecule has 2 aliphatic rings. The van der Waals surface area contributed by atoms with E-state index < -0.39 is 0 Å². The smallest absolute Gasteiger partial charge is 0.230 e. The molecule has 1 amide bonds. The minimum absolute atomic E-state index is 0.124. The van der Waals surface area contributed by atoms with Crippen molar-refractivity contribution in [3.8, 4) is 0 Å². The van der Waals surface area contributed by atoms with Gasteiger partial charge in [0.1, 0.15) is 5.82 Å². The highest BCUT2D eigenvalue weighted by Gasteiger charge is 2.30. The van der Waals surface area contributed by atoms with Crippen LogP contribution in [0.4, 0.5) is 0 Å². The van der Waals surface area contributed by atoms with Crippen LogP contribution in [0.1, 0.15) is 62.2 Å². The average molecular weight is 391 g/mol. The number of nitrogens with one attached hydrogen (secondary N) is 1. The Kier molecular flexibility index (Phi) is 5.64. The number of nitrogens with zero attached hydrogens (tertiary/aromatic N) is 3. The van der Waals surface area contributed by atoms with Crippen LogP contribution in [0.3, 0.4) is 0 Å². The van der Waals surface area contributed by atoms with E-state index in [1.807, 2.05) is 0 Å². The molecule has 0 saturated heterocycles. The predicted molar refractivity (Wildman–Crippen MR) is 106 cm³/mol. The maximum atomic E-state index is 12.4. The highest BCUT2D eigenvalue weighted by Crippen LogP contribution is 2.39. The first kappa shape index (κ1) is 18.0. The van der Waals surface area contributed by atoms with E-state index in [9.17, 15) is 4.79 Å². The minimum atomic E-state index is 0.124. The van der Waals surface area contributed by atoms with Crippen molar-refractivity contribution in [2.24, 2.45) is 5.92 Å². The number of hydrogen-bond donors (Lipinski definition) is 1. The van der Waals surface area contributed by atoms with Gasteiger partial charge in [0.25, 0.3) is 0 Å². The third-order valence-electron chi connectivity index (χ3n) is 5.35. The van der Waals surface area contributed by atoms with E-state index >= 15 is 0 Å². The molecule has 5 nitrogen and oxygen atoms in total. The molecule has 2 aromatic rings. The second kappa shape index (κ2) is 8.13. The van der Waals surface area contributed by atoms with Crippen LogP contribution in [0, 0.1) is 5.92 Å². The van der Waals surface area contributed by atoms with Gasteiger partial charge in [0.2, 0.25) is 5.91 Å². The number of thiophene rings is 1. The van der Waals surface area contributed by atoms with Crippen LogP contribution in [0.15, 0.2) is 22.7 Å². The summed E-state index contributed by atoms with van der Waals surface area (Å²) in [5, 5.41) is 15.0. The maximum absolute atomic E-state index is 12.4. The van der Waals surface area contributed by atoms with Crippen molar-refractivity contribution in [3.63, 3.8) is 0 Å². The average Bonchev–Trinajstić information content (AvgIpc) is 3.18. The van der Waals surface area contributed by atoms with Gasteiger partial charge in [-0.3, -0.25) is 4.79 Å². The molecule has 2 fully saturated rings. The Morgan fingerprint density at radius 2 is 2.15 bits per heavy atom. The van der Waals surface area contributed by atoms with Crippen molar-refractivity contribution < 1.29 is 4.79 Å². The molecule has 26 heavy (non-hydrogen) atoms. The second-order valence-corrected chi connectivity index (χ2v) is 9.46. The highest BCUT2D eigenvalue weighted by atomic mass is 32.2. The summed E-state index contributed by atoms with van der Waals surface area (Å²) in [7, 11) is 0. The van der Waals surface area contributed by atoms with Crippen LogP contribution in [-0.2, 0) is 11.2 Å². The quantitative estimate of drug-likeness (QED) is 0.725. The van der Waals surface area contributed by atoms with Gasteiger partial charge in [-0.05, 0) is 43.0 Å². The van der Waals surface area contributed by atoms with Crippen LogP contribution in [0.5, 0.6) is 0 Å². The Morgan fingerprint density at radius 3 is 2.88 bits per heavy atom. The Balaban J connectivity index is 1.37. The summed E-state index contributed by atoms with van der Waals surface area (Å²) in [6, 6.07) is 5.07. The fourth-order valence-corrected chi connectivity index (χ4v) is 5.24. The molecule has 140 valence electrons. The molecule has 2 aliphatic carbocycles. The van der Waals surface area contributed by atoms with E-state index in [1.54, 1.807) is 11.3 Å². The molecule has 0 radical (unpaired) electrons. The van der Waals surface area contributed by atoms with Crippen molar-refractivity contribution in [3.05, 3.63) is 28.2 Å². The fraction of sp³-hybridized carbons (Fsp3) is 0.632. The number of aromatic nitrogens is 3. The molecule has 4 rings (SSSR count). The minimum Gasteiger partial charge on any atom is -0.352 e. The van der Waals surface area contributed by atoms with E-state index in [0.717, 1.165) is 23.8 Å². The summed E-state index contributed by atoms with van der Waals surface area (Å²) < 4.78 is 2.26. The van der Waals surface area contributed by atoms with Gasteiger partial charge in [-0.15, -0.1) is 21.5 Å². The predicted octanol–water partition coefficient (Wildman–Crippen LogP) is 4.05. The molecule has 2 atom stereocenters. The molecule has 7 heteroatoms. The van der Waals surface area contributed by atoms with E-state index in [4.69, 9.17) is 0 Å². The maximum Gasteiger partial charge on any atom is 0.230 e. The number of hydrogen-bond acceptors (Lipinski definition) is 5. The van der Waals surface area contributed by atoms with Crippen molar-refractivity contribution in [2.45, 2.75) is 69.1 Å². The lowest BCUT2D eigenvalue weighted by atomic mass is 9.86. The van der Waals surface area contributed by atoms with Crippen LogP contribution >= 0.6 is 23.1 Å². The number of carbonyl (C=O) groups excluding carboxylic acids is 1. The third-order valence-corrected chi connectivity index (χ3v) is 7.17. The van der Waals surface area contributed by atoms with Gasteiger partial charge in [0.05, 0.1) is 5.75 Å². The summed E-state index contributed by atoms with van der Waals surface area (Å²) in [6.07, 6.45) is 8.06. The largest absolute Gasteiger partial charge is 0.352 e. The molecular formula is C19H26N4OS2. The van der Waals surface area contributed by atoms with Gasteiger partial charge in [-0.25, -0.2) is 0 Å². The van der Waals surface area contributed by atoms with Gasteiger partial charge >= 0.3 is 0 Å². The molecule has 1 N–H and O–H groups in total. The molecule has 0 bridgehead atoms. The SMILES string of the molecule is C[C@@H]1CCCC[C@H]1NC(=O)CSc1nnc(Cc2cccs2)n1C1CC1. The molecule has 2 heterocycles. The molecule has 0 unspecified atom stereocenters. The Hall–Kier alpha value is -1.34. The fourth-order valence-electron chi connectivity index (χ4n) is 3.70. The zero-order valence-electron chi connectivity index (χ0n) is 15.2. The van der Waals surface area contributed by atoms with Gasteiger partial charge in [0, 0.05) is 23.4 Å². The number of carbonyl (C=O) groups is 1. The number of amides is 1. The lowest BCUT2D eigenvalue weighted by Crippen LogP contribution is -2.41. The number of rotatable bonds is 7. The molecule has 0 aromatic carbocycles. The van der Waals surface area contributed by atoms with E-state index in [-0.39, 0.29) is 5.91 Å². The Morgan fingerprint density at radius 1 is 1.31 bits per heavy atom. The monoisotopic (exact) mass is 390 g/mol. The standard InChI is InChI=1S/C19H26N4OS2/c1-13-5-2-3-7-16(13)20-18(24)12-26-19-22-21-17(23(19)14-8-9-14)11-15-6-4-10-25-15/h4,6,10,13-14,16H,2-3,5,7-9,11-12H2,1H3,(H,20,24)/t13-,16-/m1/s1. The third kappa shape index (κ3) is 4.31. The van der Waals surface area contributed by atoms with Crippen LogP contribution in [0.25, 0.3) is 0 Å². The lowest BCUT2D eigenvalue weighted by Gasteiger charge is -2.29. The second-order valence-electron chi connectivity index (χ2n) is 7.48. The van der Waals surface area contributed by atoms with Gasteiger partial charge < -0.3 is 9.88 Å². The summed E-state index contributed by atoms with van der Waals surface area (Å²) in [4.78, 5) is 13.7. The van der Waals surface area contributed by atoms with Crippen molar-refractivity contribution in [2.75, 3.05) is 5.75 Å². The Bertz CT molecular complexity index is 739. The highest BCUT2D eigenvalue weighted by molar-refractivity contribution is 7.99. The summed E-state index contributed by atoms with van der Waals surface area (Å²) in [5.41, 5.74) is 0. The van der Waals surface area contributed by atoms with E-state index in [2.05, 4.69) is 44.5 Å². The first-order chi connectivity index (χ1) is 12.7. The van der Waals surface area contributed by atoms with Crippen LogP contribution in [-0.4, -0.2) is 32.5 Å². The summed E-state index contributed by atoms with van der Waals surface area (Å²) in [5.74, 6) is 2.16. The van der Waals surface area contributed by atoms with Crippen molar-refractivity contribution in [1.29, 1.82) is 0 Å². The summed E-state index contributed by atoms with van der Waals surface area (Å²) in [6.45, 7) is 2.25. The van der Waals surface area contributed by atoms with Crippen molar-refractivity contribution in [1.82, 2.24) is 20.1 Å². The van der Waals surface area contributed by atoms with Gasteiger partial charge in [0.15, 0.2) is 5.16 Å². The molecule has 2 aromatic heterocycles.